The van der Waals surface area contributed by atoms with Crippen molar-refractivity contribution in [2.45, 2.75) is 44.1 Å². The summed E-state index contributed by atoms with van der Waals surface area (Å²) in [5.41, 5.74) is 12.0. The molecule has 186 valence electrons. The van der Waals surface area contributed by atoms with Gasteiger partial charge in [-0.3, -0.25) is 19.5 Å². The smallest absolute Gasteiger partial charge is 0.342 e. The number of anilines is 2. The second kappa shape index (κ2) is 11.3. The Balaban J connectivity index is 1.89. The molecule has 0 aliphatic heterocycles. The highest BCUT2D eigenvalue weighted by atomic mass is 35.5. The van der Waals surface area contributed by atoms with E-state index in [9.17, 15) is 14.4 Å². The molecule has 5 N–H and O–H groups in total. The summed E-state index contributed by atoms with van der Waals surface area (Å²) in [5, 5.41) is 11.6. The third-order valence-electron chi connectivity index (χ3n) is 5.05. The predicted octanol–water partition coefficient (Wildman–Crippen LogP) is 3.57. The topological polar surface area (TPSA) is 168 Å². The third-order valence-corrected chi connectivity index (χ3v) is 6.41. The van der Waals surface area contributed by atoms with Gasteiger partial charge < -0.3 is 20.6 Å². The molecule has 0 aliphatic rings. The Bertz CT molecular complexity index is 1260. The van der Waals surface area contributed by atoms with E-state index in [-0.39, 0.29) is 35.3 Å². The number of amides is 2. The van der Waals surface area contributed by atoms with Crippen molar-refractivity contribution in [2.24, 2.45) is 5.73 Å². The van der Waals surface area contributed by atoms with E-state index in [2.05, 4.69) is 15.5 Å². The molecule has 0 fully saturated rings. The number of nitrogens with one attached hydrogen (secondary N) is 1. The molecule has 2 heterocycles. The van der Waals surface area contributed by atoms with Gasteiger partial charge >= 0.3 is 5.97 Å². The first-order valence-corrected chi connectivity index (χ1v) is 12.0. The Morgan fingerprint density at radius 2 is 1.94 bits per heavy atom. The molecule has 0 saturated carbocycles. The Hall–Kier alpha value is -3.51. The fraction of sp³-hybridized carbons (Fsp3) is 0.318. The van der Waals surface area contributed by atoms with Crippen molar-refractivity contribution in [3.63, 3.8) is 0 Å². The van der Waals surface area contributed by atoms with Crippen LogP contribution in [-0.2, 0) is 15.3 Å². The number of ether oxygens (including phenoxy) is 1. The Labute approximate surface area is 210 Å². The summed E-state index contributed by atoms with van der Waals surface area (Å²) < 4.78 is 12.0. The number of nitrogens with zero attached hydrogens (tertiary/aromatic N) is 3. The standard InChI is InChI=1S/C22H25ClN6O5S/c1-4-14(29-21(25)27-28-22(29)35-10-12-8-6-7-9-13(12)23)18(31)26-19-16(17(24)30)15(11(3)34-19)20(32)33-5-2/h6-9,14H,4-5,10H2,1-3H3,(H2,24,30)(H2,25,27)(H,26,31). The molecule has 3 aromatic rings. The van der Waals surface area contributed by atoms with Crippen LogP contribution >= 0.6 is 23.4 Å². The molecule has 1 unspecified atom stereocenters. The van der Waals surface area contributed by atoms with Crippen LogP contribution in [0.3, 0.4) is 0 Å². The number of benzene rings is 1. The number of rotatable bonds is 10. The predicted molar refractivity (Wildman–Crippen MR) is 131 cm³/mol. The van der Waals surface area contributed by atoms with Gasteiger partial charge in [0.2, 0.25) is 17.7 Å². The average Bonchev–Trinajstić information content (AvgIpc) is 3.33. The summed E-state index contributed by atoms with van der Waals surface area (Å²) in [4.78, 5) is 37.7. The molecule has 0 spiro atoms. The molecule has 0 radical (unpaired) electrons. The molecule has 11 nitrogen and oxygen atoms in total. The summed E-state index contributed by atoms with van der Waals surface area (Å²) in [7, 11) is 0. The second-order valence-electron chi connectivity index (χ2n) is 7.33. The van der Waals surface area contributed by atoms with Gasteiger partial charge in [0, 0.05) is 10.8 Å². The van der Waals surface area contributed by atoms with E-state index in [1.807, 2.05) is 18.2 Å². The number of aromatic nitrogens is 3. The first-order chi connectivity index (χ1) is 16.7. The van der Waals surface area contributed by atoms with Crippen molar-refractivity contribution < 1.29 is 23.5 Å². The van der Waals surface area contributed by atoms with Crippen LogP contribution in [0.25, 0.3) is 0 Å². The van der Waals surface area contributed by atoms with Crippen molar-refractivity contribution in [1.82, 2.24) is 14.8 Å². The number of nitrogens with two attached hydrogens (primary N) is 2. The van der Waals surface area contributed by atoms with Crippen LogP contribution in [0.4, 0.5) is 11.8 Å². The van der Waals surface area contributed by atoms with Gasteiger partial charge in [-0.15, -0.1) is 10.2 Å². The van der Waals surface area contributed by atoms with E-state index in [0.717, 1.165) is 5.56 Å². The Kier molecular flexibility index (Phi) is 8.41. The van der Waals surface area contributed by atoms with Crippen molar-refractivity contribution in [2.75, 3.05) is 17.7 Å². The molecule has 0 saturated heterocycles. The highest BCUT2D eigenvalue weighted by Crippen LogP contribution is 2.32. The highest BCUT2D eigenvalue weighted by molar-refractivity contribution is 7.98. The van der Waals surface area contributed by atoms with Crippen LogP contribution in [0.1, 0.15) is 58.3 Å². The zero-order valence-corrected chi connectivity index (χ0v) is 20.9. The number of primary amides is 1. The lowest BCUT2D eigenvalue weighted by Gasteiger charge is -2.18. The zero-order valence-electron chi connectivity index (χ0n) is 19.3. The van der Waals surface area contributed by atoms with Gasteiger partial charge in [-0.2, -0.15) is 0 Å². The van der Waals surface area contributed by atoms with Crippen LogP contribution < -0.4 is 16.8 Å². The van der Waals surface area contributed by atoms with Gasteiger partial charge in [-0.25, -0.2) is 4.79 Å². The van der Waals surface area contributed by atoms with E-state index in [0.29, 0.717) is 22.4 Å². The Morgan fingerprint density at radius 3 is 2.57 bits per heavy atom. The summed E-state index contributed by atoms with van der Waals surface area (Å²) in [6.07, 6.45) is 0.310. The quantitative estimate of drug-likeness (QED) is 0.267. The minimum atomic E-state index is -0.951. The number of furan rings is 1. The summed E-state index contributed by atoms with van der Waals surface area (Å²) in [6.45, 7) is 4.95. The third kappa shape index (κ3) is 5.60. The van der Waals surface area contributed by atoms with Gasteiger partial charge in [0.05, 0.1) is 6.61 Å². The first-order valence-electron chi connectivity index (χ1n) is 10.7. The second-order valence-corrected chi connectivity index (χ2v) is 8.68. The summed E-state index contributed by atoms with van der Waals surface area (Å²) in [5.74, 6) is -1.96. The molecule has 2 amide bonds. The monoisotopic (exact) mass is 520 g/mol. The van der Waals surface area contributed by atoms with Gasteiger partial charge in [-0.1, -0.05) is 48.5 Å². The van der Waals surface area contributed by atoms with E-state index >= 15 is 0 Å². The largest absolute Gasteiger partial charge is 0.462 e. The SMILES string of the molecule is CCOC(=O)c1c(C)oc(NC(=O)C(CC)n2c(N)nnc2SCc2ccccc2Cl)c1C(N)=O. The zero-order chi connectivity index (χ0) is 25.7. The first kappa shape index (κ1) is 26.1. The number of hydrogen-bond acceptors (Lipinski definition) is 9. The number of nitrogen functional groups attached to an aromatic ring is 1. The number of hydrogen-bond donors (Lipinski definition) is 3. The maximum Gasteiger partial charge on any atom is 0.342 e. The number of carbonyl (C=O) groups is 3. The number of thioether (sulfide) groups is 1. The molecule has 0 aliphatic carbocycles. The highest BCUT2D eigenvalue weighted by Gasteiger charge is 2.32. The maximum absolute atomic E-state index is 13.3. The van der Waals surface area contributed by atoms with Crippen LogP contribution in [0, 0.1) is 6.92 Å². The molecule has 1 aromatic carbocycles. The van der Waals surface area contributed by atoms with Crippen LogP contribution in [0.2, 0.25) is 5.02 Å². The van der Waals surface area contributed by atoms with Crippen LogP contribution in [-0.4, -0.2) is 39.2 Å². The molecular weight excluding hydrogens is 496 g/mol. The minimum absolute atomic E-state index is 0.0339. The van der Waals surface area contributed by atoms with E-state index < -0.39 is 23.8 Å². The number of aryl methyl sites for hydroxylation is 1. The van der Waals surface area contributed by atoms with E-state index in [1.54, 1.807) is 19.9 Å². The lowest BCUT2D eigenvalue weighted by atomic mass is 10.1. The van der Waals surface area contributed by atoms with Crippen molar-refractivity contribution in [1.29, 1.82) is 0 Å². The summed E-state index contributed by atoms with van der Waals surface area (Å²) >= 11 is 7.55. The Morgan fingerprint density at radius 1 is 1.23 bits per heavy atom. The summed E-state index contributed by atoms with van der Waals surface area (Å²) in [6, 6.07) is 6.52. The van der Waals surface area contributed by atoms with Crippen molar-refractivity contribution in [3.8, 4) is 0 Å². The van der Waals surface area contributed by atoms with Crippen LogP contribution in [0.5, 0.6) is 0 Å². The van der Waals surface area contributed by atoms with Gasteiger partial charge in [-0.05, 0) is 31.9 Å². The number of esters is 1. The normalized spacial score (nSPS) is 11.8. The number of carbonyl (C=O) groups excluding carboxylic acids is 3. The molecule has 1 atom stereocenters. The fourth-order valence-electron chi connectivity index (χ4n) is 3.43. The minimum Gasteiger partial charge on any atom is -0.462 e. The maximum atomic E-state index is 13.3. The molecule has 2 aromatic heterocycles. The lowest BCUT2D eigenvalue weighted by molar-refractivity contribution is -0.119. The van der Waals surface area contributed by atoms with Crippen molar-refractivity contribution in [3.05, 3.63) is 51.7 Å². The lowest BCUT2D eigenvalue weighted by Crippen LogP contribution is -2.28. The molecular formula is C22H25ClN6O5S. The van der Waals surface area contributed by atoms with E-state index in [4.69, 9.17) is 32.2 Å². The molecule has 0 bridgehead atoms. The molecule has 13 heteroatoms. The van der Waals surface area contributed by atoms with Crippen LogP contribution in [0.15, 0.2) is 33.8 Å². The average molecular weight is 521 g/mol. The molecule has 3 rings (SSSR count). The molecule has 35 heavy (non-hydrogen) atoms. The van der Waals surface area contributed by atoms with E-state index in [1.165, 1.54) is 23.3 Å². The fourth-order valence-corrected chi connectivity index (χ4v) is 4.71. The van der Waals surface area contributed by atoms with Crippen molar-refractivity contribution >= 4 is 53.0 Å². The van der Waals surface area contributed by atoms with Gasteiger partial charge in [0.25, 0.3) is 5.91 Å². The van der Waals surface area contributed by atoms with Gasteiger partial charge in [0.15, 0.2) is 5.16 Å². The van der Waals surface area contributed by atoms with Gasteiger partial charge in [0.1, 0.15) is 22.9 Å². The number of halogens is 1.